The number of aryl methyl sites for hydroxylation is 2. The van der Waals surface area contributed by atoms with Crippen molar-refractivity contribution in [3.8, 4) is 0 Å². The normalized spacial score (nSPS) is 9.44. The van der Waals surface area contributed by atoms with Crippen LogP contribution in [0.1, 0.15) is 5.56 Å². The molecule has 18 heavy (non-hydrogen) atoms. The topological polar surface area (TPSA) is 80.9 Å². The van der Waals surface area contributed by atoms with Crippen LogP contribution in [-0.2, 0) is 13.0 Å². The zero-order valence-corrected chi connectivity index (χ0v) is 10.6. The van der Waals surface area contributed by atoms with E-state index in [2.05, 4.69) is 22.9 Å². The van der Waals surface area contributed by atoms with Crippen molar-refractivity contribution in [1.82, 2.24) is 9.55 Å². The van der Waals surface area contributed by atoms with Crippen LogP contribution in [0.2, 0.25) is 0 Å². The van der Waals surface area contributed by atoms with Crippen molar-refractivity contribution < 1.29 is 0 Å². The van der Waals surface area contributed by atoms with Gasteiger partial charge in [-0.05, 0) is 12.0 Å². The molecule has 0 atom stereocenters. The first-order valence-electron chi connectivity index (χ1n) is 5.35. The van der Waals surface area contributed by atoms with Crippen LogP contribution in [0.25, 0.3) is 0 Å². The molecule has 1 aromatic carbocycles. The number of H-pyrrole nitrogens is 1. The van der Waals surface area contributed by atoms with Gasteiger partial charge >= 0.3 is 5.69 Å². The van der Waals surface area contributed by atoms with Crippen LogP contribution in [0.15, 0.2) is 52.2 Å². The number of rotatable bonds is 3. The lowest BCUT2D eigenvalue weighted by atomic mass is 10.1. The summed E-state index contributed by atoms with van der Waals surface area (Å²) in [6.07, 6.45) is 2.29. The van der Waals surface area contributed by atoms with Crippen LogP contribution < -0.4 is 16.4 Å². The fourth-order valence-corrected chi connectivity index (χ4v) is 1.51. The summed E-state index contributed by atoms with van der Waals surface area (Å²) < 4.78 is 1.49. The lowest BCUT2D eigenvalue weighted by Crippen LogP contribution is -2.29. The van der Waals surface area contributed by atoms with Crippen LogP contribution in [0.3, 0.4) is 0 Å². The van der Waals surface area contributed by atoms with Crippen LogP contribution in [0.5, 0.6) is 0 Å². The Bertz CT molecular complexity index is 578. The molecule has 5 nitrogen and oxygen atoms in total. The van der Waals surface area contributed by atoms with E-state index in [-0.39, 0.29) is 11.2 Å². The number of thiol groups is 1. The average molecular weight is 265 g/mol. The molecule has 2 rings (SSSR count). The molecule has 0 saturated carbocycles. The highest BCUT2D eigenvalue weighted by Crippen LogP contribution is 1.99. The summed E-state index contributed by atoms with van der Waals surface area (Å²) in [5, 5.41) is 4.19. The molecule has 0 aliphatic heterocycles. The maximum Gasteiger partial charge on any atom is 0.328 e. The number of benzene rings is 1. The van der Waals surface area contributed by atoms with Gasteiger partial charge in [-0.3, -0.25) is 14.9 Å². The van der Waals surface area contributed by atoms with Crippen molar-refractivity contribution in [3.05, 3.63) is 69.0 Å². The molecule has 0 unspecified atom stereocenters. The van der Waals surface area contributed by atoms with Crippen molar-refractivity contribution in [2.75, 3.05) is 0 Å². The Morgan fingerprint density at radius 3 is 2.39 bits per heavy atom. The number of aromatic amines is 1. The molecular weight excluding hydrogens is 250 g/mol. The number of aromatic nitrogens is 2. The zero-order valence-electron chi connectivity index (χ0n) is 9.74. The summed E-state index contributed by atoms with van der Waals surface area (Å²) in [5.74, 6) is 0. The van der Waals surface area contributed by atoms with Gasteiger partial charge in [0, 0.05) is 18.8 Å². The second-order valence-corrected chi connectivity index (χ2v) is 3.54. The maximum absolute atomic E-state index is 11.4. The summed E-state index contributed by atoms with van der Waals surface area (Å²) in [4.78, 5) is 24.4. The van der Waals surface area contributed by atoms with Crippen LogP contribution in [-0.4, -0.2) is 9.55 Å². The largest absolute Gasteiger partial charge is 0.328 e. The smallest absolute Gasteiger partial charge is 0.300 e. The fraction of sp³-hybridized carbons (Fsp3) is 0.167. The molecule has 2 aromatic rings. The lowest BCUT2D eigenvalue weighted by Gasteiger charge is -2.04. The molecule has 0 fully saturated rings. The van der Waals surface area contributed by atoms with Crippen molar-refractivity contribution in [3.63, 3.8) is 0 Å². The predicted molar refractivity (Wildman–Crippen MR) is 74.6 cm³/mol. The predicted octanol–water partition coefficient (Wildman–Crippen LogP) is 0.569. The first-order valence-corrected chi connectivity index (χ1v) is 5.87. The first kappa shape index (κ1) is 14.3. The third-order valence-electron chi connectivity index (χ3n) is 2.38. The highest BCUT2D eigenvalue weighted by Gasteiger charge is 1.97. The van der Waals surface area contributed by atoms with Gasteiger partial charge in [-0.25, -0.2) is 4.79 Å². The monoisotopic (exact) mass is 265 g/mol. The highest BCUT2D eigenvalue weighted by molar-refractivity contribution is 7.77. The summed E-state index contributed by atoms with van der Waals surface area (Å²) >= 11 is 3.03. The molecule has 0 aliphatic rings. The molecule has 0 radical (unpaired) electrons. The van der Waals surface area contributed by atoms with Crippen molar-refractivity contribution in [1.29, 1.82) is 0 Å². The third-order valence-corrected chi connectivity index (χ3v) is 2.38. The van der Waals surface area contributed by atoms with E-state index in [1.807, 2.05) is 30.3 Å². The van der Waals surface area contributed by atoms with Gasteiger partial charge in [0.15, 0.2) is 0 Å². The molecule has 0 spiro atoms. The van der Waals surface area contributed by atoms with Gasteiger partial charge in [-0.15, -0.1) is 12.8 Å². The van der Waals surface area contributed by atoms with Crippen LogP contribution in [0, 0.1) is 0 Å². The minimum Gasteiger partial charge on any atom is -0.300 e. The van der Waals surface area contributed by atoms with Gasteiger partial charge in [0.05, 0.1) is 0 Å². The zero-order chi connectivity index (χ0) is 13.4. The van der Waals surface area contributed by atoms with Gasteiger partial charge in [0.2, 0.25) is 0 Å². The minimum atomic E-state index is -0.360. The first-order chi connectivity index (χ1) is 8.75. The van der Waals surface area contributed by atoms with E-state index < -0.39 is 0 Å². The highest BCUT2D eigenvalue weighted by atomic mass is 32.1. The molecule has 0 aliphatic carbocycles. The number of nitrogens with one attached hydrogen (secondary N) is 1. The number of nitrogens with two attached hydrogens (primary N) is 1. The second kappa shape index (κ2) is 7.52. The van der Waals surface area contributed by atoms with Gasteiger partial charge < -0.3 is 4.57 Å². The Hall–Kier alpha value is -1.79. The van der Waals surface area contributed by atoms with E-state index in [0.29, 0.717) is 6.54 Å². The quantitative estimate of drug-likeness (QED) is 0.710. The number of hydrogen-bond acceptors (Lipinski definition) is 4. The van der Waals surface area contributed by atoms with Crippen molar-refractivity contribution >= 4 is 12.8 Å². The molecule has 96 valence electrons. The third kappa shape index (κ3) is 4.23. The summed E-state index contributed by atoms with van der Waals surface area (Å²) in [6, 6.07) is 11.3. The molecule has 3 N–H and O–H groups in total. The molecule has 0 amide bonds. The molecule has 6 heteroatoms. The van der Waals surface area contributed by atoms with Gasteiger partial charge in [-0.2, -0.15) is 0 Å². The van der Waals surface area contributed by atoms with E-state index in [0.717, 1.165) is 6.42 Å². The van der Waals surface area contributed by atoms with E-state index in [1.165, 1.54) is 22.4 Å². The Balaban J connectivity index is 0.000000771. The van der Waals surface area contributed by atoms with Crippen molar-refractivity contribution in [2.45, 2.75) is 13.0 Å². The van der Waals surface area contributed by atoms with Gasteiger partial charge in [0.1, 0.15) is 0 Å². The van der Waals surface area contributed by atoms with Crippen LogP contribution in [0.4, 0.5) is 0 Å². The van der Waals surface area contributed by atoms with Crippen LogP contribution >= 0.6 is 12.8 Å². The number of nitrogens with zero attached hydrogens (tertiary/aromatic N) is 1. The average Bonchev–Trinajstić information content (AvgIpc) is 2.41. The SMILES string of the molecule is NS.O=c1ccn(CCc2ccccc2)c(=O)[nH]1. The standard InChI is InChI=1S/C12H12N2O2.H3NS/c15-11-7-9-14(12(16)13-11)8-6-10-4-2-1-3-5-10;1-2/h1-5,7,9H,6,8H2,(H,13,15,16);2H,1H2. The molecule has 0 saturated heterocycles. The van der Waals surface area contributed by atoms with Gasteiger partial charge in [0.25, 0.3) is 5.56 Å². The lowest BCUT2D eigenvalue weighted by molar-refractivity contribution is 0.645. The Kier molecular flexibility index (Phi) is 5.96. The molecule has 1 aromatic heterocycles. The van der Waals surface area contributed by atoms with E-state index in [4.69, 9.17) is 0 Å². The van der Waals surface area contributed by atoms with Crippen molar-refractivity contribution in [2.24, 2.45) is 5.14 Å². The Morgan fingerprint density at radius 2 is 1.78 bits per heavy atom. The maximum atomic E-state index is 11.4. The second-order valence-electron chi connectivity index (χ2n) is 3.54. The summed E-state index contributed by atoms with van der Waals surface area (Å²) in [5.41, 5.74) is 0.449. The van der Waals surface area contributed by atoms with E-state index in [9.17, 15) is 9.59 Å². The fourth-order valence-electron chi connectivity index (χ4n) is 1.51. The summed E-state index contributed by atoms with van der Waals surface area (Å²) in [6.45, 7) is 0.569. The minimum absolute atomic E-state index is 0.358. The number of hydrogen-bond donors (Lipinski definition) is 3. The van der Waals surface area contributed by atoms with E-state index >= 15 is 0 Å². The molecule has 1 heterocycles. The summed E-state index contributed by atoms with van der Waals surface area (Å²) in [7, 11) is 0. The Morgan fingerprint density at radius 1 is 1.11 bits per heavy atom. The Labute approximate surface area is 110 Å². The molecule has 0 bridgehead atoms. The molecular formula is C12H15N3O2S. The van der Waals surface area contributed by atoms with Gasteiger partial charge in [-0.1, -0.05) is 30.3 Å². The van der Waals surface area contributed by atoms with E-state index in [1.54, 1.807) is 0 Å².